The monoisotopic (exact) mass is 314 g/mol. The van der Waals surface area contributed by atoms with Gasteiger partial charge >= 0.3 is 0 Å². The van der Waals surface area contributed by atoms with Gasteiger partial charge in [-0.25, -0.2) is 4.98 Å². The SMILES string of the molecule is O[C@H]1c2cc(Cl)c(Cl)cc2SC[C@H]1Cc1ncc[nH]1. The Morgan fingerprint density at radius 2 is 2.16 bits per heavy atom. The minimum absolute atomic E-state index is 0.126. The Balaban J connectivity index is 1.87. The maximum absolute atomic E-state index is 10.5. The fourth-order valence-corrected chi connectivity index (χ4v) is 3.91. The summed E-state index contributed by atoms with van der Waals surface area (Å²) in [6.07, 6.45) is 3.71. The van der Waals surface area contributed by atoms with Gasteiger partial charge in [-0.15, -0.1) is 11.8 Å². The van der Waals surface area contributed by atoms with Gasteiger partial charge in [-0.1, -0.05) is 23.2 Å². The second kappa shape index (κ2) is 5.37. The lowest BCUT2D eigenvalue weighted by atomic mass is 9.93. The molecule has 2 heterocycles. The van der Waals surface area contributed by atoms with Crippen molar-refractivity contribution in [2.75, 3.05) is 5.75 Å². The van der Waals surface area contributed by atoms with Crippen molar-refractivity contribution in [1.82, 2.24) is 9.97 Å². The summed E-state index contributed by atoms with van der Waals surface area (Å²) in [5.41, 5.74) is 0.863. The summed E-state index contributed by atoms with van der Waals surface area (Å²) in [6, 6.07) is 3.60. The lowest BCUT2D eigenvalue weighted by Crippen LogP contribution is -2.22. The van der Waals surface area contributed by atoms with Crippen LogP contribution >= 0.6 is 35.0 Å². The molecular weight excluding hydrogens is 303 g/mol. The van der Waals surface area contributed by atoms with Gasteiger partial charge in [0.05, 0.1) is 16.1 Å². The van der Waals surface area contributed by atoms with Crippen LogP contribution in [-0.4, -0.2) is 20.8 Å². The first-order chi connectivity index (χ1) is 9.15. The van der Waals surface area contributed by atoms with Crippen molar-refractivity contribution >= 4 is 35.0 Å². The van der Waals surface area contributed by atoms with Crippen molar-refractivity contribution in [3.05, 3.63) is 46.0 Å². The highest BCUT2D eigenvalue weighted by molar-refractivity contribution is 7.99. The molecule has 19 heavy (non-hydrogen) atoms. The van der Waals surface area contributed by atoms with E-state index in [1.165, 1.54) is 0 Å². The molecule has 3 rings (SSSR count). The minimum Gasteiger partial charge on any atom is -0.388 e. The summed E-state index contributed by atoms with van der Waals surface area (Å²) in [5.74, 6) is 1.86. The highest BCUT2D eigenvalue weighted by Crippen LogP contribution is 2.43. The molecule has 1 aliphatic heterocycles. The van der Waals surface area contributed by atoms with Crippen LogP contribution in [-0.2, 0) is 6.42 Å². The number of imidazole rings is 1. The minimum atomic E-state index is -0.531. The molecule has 0 spiro atoms. The van der Waals surface area contributed by atoms with Gasteiger partial charge < -0.3 is 10.1 Å². The van der Waals surface area contributed by atoms with E-state index < -0.39 is 6.10 Å². The quantitative estimate of drug-likeness (QED) is 0.888. The van der Waals surface area contributed by atoms with Crippen molar-refractivity contribution in [3.8, 4) is 0 Å². The number of halogens is 2. The van der Waals surface area contributed by atoms with Crippen LogP contribution in [0, 0.1) is 5.92 Å². The van der Waals surface area contributed by atoms with Gasteiger partial charge in [0.1, 0.15) is 5.82 Å². The van der Waals surface area contributed by atoms with Gasteiger partial charge in [-0.05, 0) is 17.7 Å². The largest absolute Gasteiger partial charge is 0.388 e. The van der Waals surface area contributed by atoms with E-state index in [1.54, 1.807) is 30.2 Å². The molecule has 0 bridgehead atoms. The predicted molar refractivity (Wildman–Crippen MR) is 77.9 cm³/mol. The first kappa shape index (κ1) is 13.3. The smallest absolute Gasteiger partial charge is 0.106 e. The number of aliphatic hydroxyl groups excluding tert-OH is 1. The molecule has 0 amide bonds. The van der Waals surface area contributed by atoms with E-state index >= 15 is 0 Å². The number of nitrogens with zero attached hydrogens (tertiary/aromatic N) is 1. The summed E-state index contributed by atoms with van der Waals surface area (Å²) in [5, 5.41) is 11.5. The van der Waals surface area contributed by atoms with Crippen LogP contribution in [0.2, 0.25) is 10.0 Å². The van der Waals surface area contributed by atoms with Crippen molar-refractivity contribution in [1.29, 1.82) is 0 Å². The van der Waals surface area contributed by atoms with Gasteiger partial charge in [0, 0.05) is 35.4 Å². The van der Waals surface area contributed by atoms with E-state index in [4.69, 9.17) is 23.2 Å². The molecule has 2 N–H and O–H groups in total. The zero-order chi connectivity index (χ0) is 13.4. The highest BCUT2D eigenvalue weighted by Gasteiger charge is 2.30. The second-order valence-electron chi connectivity index (χ2n) is 4.56. The number of benzene rings is 1. The number of H-pyrrole nitrogens is 1. The van der Waals surface area contributed by atoms with Gasteiger partial charge in [0.15, 0.2) is 0 Å². The third-order valence-electron chi connectivity index (χ3n) is 3.28. The summed E-state index contributed by atoms with van der Waals surface area (Å²) >= 11 is 13.7. The maximum atomic E-state index is 10.5. The third-order valence-corrected chi connectivity index (χ3v) is 5.26. The number of aromatic nitrogens is 2. The molecule has 2 aromatic rings. The van der Waals surface area contributed by atoms with Crippen LogP contribution in [0.25, 0.3) is 0 Å². The molecule has 0 saturated carbocycles. The van der Waals surface area contributed by atoms with Crippen LogP contribution in [0.15, 0.2) is 29.4 Å². The molecule has 6 heteroatoms. The van der Waals surface area contributed by atoms with Gasteiger partial charge in [-0.3, -0.25) is 0 Å². The van der Waals surface area contributed by atoms with Crippen molar-refractivity contribution in [3.63, 3.8) is 0 Å². The topological polar surface area (TPSA) is 48.9 Å². The Labute approximate surface area is 125 Å². The second-order valence-corrected chi connectivity index (χ2v) is 6.44. The van der Waals surface area contributed by atoms with E-state index in [9.17, 15) is 5.11 Å². The molecule has 0 saturated heterocycles. The van der Waals surface area contributed by atoms with Gasteiger partial charge in [-0.2, -0.15) is 0 Å². The molecule has 1 aliphatic rings. The molecule has 2 atom stereocenters. The molecule has 0 unspecified atom stereocenters. The highest BCUT2D eigenvalue weighted by atomic mass is 35.5. The standard InChI is InChI=1S/C13H12Cl2N2OS/c14-9-4-8-11(5-10(9)15)19-6-7(13(8)18)3-12-16-1-2-17-12/h1-2,4-5,7,13,18H,3,6H2,(H,16,17)/t7-,13-/m1/s1. The van der Waals surface area contributed by atoms with Crippen LogP contribution in [0.1, 0.15) is 17.5 Å². The molecule has 0 fully saturated rings. The Kier molecular flexibility index (Phi) is 3.76. The van der Waals surface area contributed by atoms with Gasteiger partial charge in [0.2, 0.25) is 0 Å². The van der Waals surface area contributed by atoms with Gasteiger partial charge in [0.25, 0.3) is 0 Å². The van der Waals surface area contributed by atoms with Crippen molar-refractivity contribution in [2.24, 2.45) is 5.92 Å². The van der Waals surface area contributed by atoms with E-state index in [-0.39, 0.29) is 5.92 Å². The van der Waals surface area contributed by atoms with Crippen molar-refractivity contribution < 1.29 is 5.11 Å². The van der Waals surface area contributed by atoms with E-state index in [1.807, 2.05) is 6.07 Å². The molecule has 1 aromatic heterocycles. The lowest BCUT2D eigenvalue weighted by molar-refractivity contribution is 0.114. The molecule has 1 aromatic carbocycles. The van der Waals surface area contributed by atoms with E-state index in [2.05, 4.69) is 9.97 Å². The number of nitrogens with one attached hydrogen (secondary N) is 1. The van der Waals surface area contributed by atoms with Crippen LogP contribution in [0.4, 0.5) is 0 Å². The lowest BCUT2D eigenvalue weighted by Gasteiger charge is -2.29. The third kappa shape index (κ3) is 2.63. The Morgan fingerprint density at radius 1 is 1.37 bits per heavy atom. The fraction of sp³-hybridized carbons (Fsp3) is 0.308. The molecule has 3 nitrogen and oxygen atoms in total. The molecular formula is C13H12Cl2N2OS. The average molecular weight is 315 g/mol. The van der Waals surface area contributed by atoms with E-state index in [0.29, 0.717) is 10.0 Å². The number of thioether (sulfide) groups is 1. The molecule has 100 valence electrons. The number of hydrogen-bond acceptors (Lipinski definition) is 3. The van der Waals surface area contributed by atoms with Crippen molar-refractivity contribution in [2.45, 2.75) is 17.4 Å². The maximum Gasteiger partial charge on any atom is 0.106 e. The van der Waals surface area contributed by atoms with Crippen LogP contribution in [0.3, 0.4) is 0 Å². The number of aromatic amines is 1. The Hall–Kier alpha value is -0.680. The predicted octanol–water partition coefficient (Wildman–Crippen LogP) is 3.71. The average Bonchev–Trinajstić information content (AvgIpc) is 2.88. The summed E-state index contributed by atoms with van der Waals surface area (Å²) < 4.78 is 0. The summed E-state index contributed by atoms with van der Waals surface area (Å²) in [7, 11) is 0. The first-order valence-electron chi connectivity index (χ1n) is 5.93. The normalized spacial score (nSPS) is 22.3. The Bertz CT molecular complexity index is 589. The number of aliphatic hydroxyl groups is 1. The summed E-state index contributed by atoms with van der Waals surface area (Å²) in [4.78, 5) is 8.29. The van der Waals surface area contributed by atoms with Crippen LogP contribution in [0.5, 0.6) is 0 Å². The zero-order valence-corrected chi connectivity index (χ0v) is 12.3. The number of fused-ring (bicyclic) bond motifs is 1. The molecule has 0 radical (unpaired) electrons. The number of rotatable bonds is 2. The fourth-order valence-electron chi connectivity index (χ4n) is 2.27. The first-order valence-corrected chi connectivity index (χ1v) is 7.67. The van der Waals surface area contributed by atoms with Crippen LogP contribution < -0.4 is 0 Å². The zero-order valence-electron chi connectivity index (χ0n) is 9.94. The molecule has 0 aliphatic carbocycles. The van der Waals surface area contributed by atoms with E-state index in [0.717, 1.165) is 28.5 Å². The summed E-state index contributed by atoms with van der Waals surface area (Å²) in [6.45, 7) is 0. The Morgan fingerprint density at radius 3 is 2.89 bits per heavy atom. The number of hydrogen-bond donors (Lipinski definition) is 2.